The summed E-state index contributed by atoms with van der Waals surface area (Å²) in [4.78, 5) is 19.8. The molecule has 1 aliphatic heterocycles. The maximum atomic E-state index is 13.1. The highest BCUT2D eigenvalue weighted by Crippen LogP contribution is 2.31. The first-order valence-electron chi connectivity index (χ1n) is 9.33. The Balaban J connectivity index is 1.63. The zero-order valence-corrected chi connectivity index (χ0v) is 15.3. The summed E-state index contributed by atoms with van der Waals surface area (Å²) in [7, 11) is 0. The number of piperidine rings is 1. The molecule has 0 aliphatic carbocycles. The average Bonchev–Trinajstić information content (AvgIpc) is 3.26. The van der Waals surface area contributed by atoms with Gasteiger partial charge >= 0.3 is 0 Å². The van der Waals surface area contributed by atoms with Crippen molar-refractivity contribution in [1.82, 2.24) is 29.3 Å². The molecule has 3 aromatic rings. The first-order chi connectivity index (χ1) is 12.7. The Morgan fingerprint density at radius 2 is 2.12 bits per heavy atom. The summed E-state index contributed by atoms with van der Waals surface area (Å²) in [6, 6.07) is 5.75. The molecule has 1 aliphatic rings. The highest BCUT2D eigenvalue weighted by Gasteiger charge is 2.31. The molecule has 136 valence electrons. The summed E-state index contributed by atoms with van der Waals surface area (Å²) in [5, 5.41) is 8.83. The lowest BCUT2D eigenvalue weighted by Gasteiger charge is -2.35. The molecule has 7 heteroatoms. The maximum Gasteiger partial charge on any atom is 0.274 e. The fourth-order valence-corrected chi connectivity index (χ4v) is 3.66. The second-order valence-electron chi connectivity index (χ2n) is 6.92. The zero-order chi connectivity index (χ0) is 18.1. The quantitative estimate of drug-likeness (QED) is 0.724. The summed E-state index contributed by atoms with van der Waals surface area (Å²) in [6.07, 6.45) is 7.86. The van der Waals surface area contributed by atoms with Crippen LogP contribution >= 0.6 is 0 Å². The normalized spacial score (nSPS) is 17.8. The number of hydrogen-bond donors (Lipinski definition) is 0. The van der Waals surface area contributed by atoms with Gasteiger partial charge in [0.2, 0.25) is 0 Å². The van der Waals surface area contributed by atoms with E-state index in [1.807, 2.05) is 47.1 Å². The number of likely N-dealkylation sites (tertiary alicyclic amines) is 1. The zero-order valence-electron chi connectivity index (χ0n) is 15.3. The molecule has 1 atom stereocenters. The van der Waals surface area contributed by atoms with Crippen molar-refractivity contribution in [2.24, 2.45) is 0 Å². The van der Waals surface area contributed by atoms with Crippen LogP contribution in [0.15, 0.2) is 30.6 Å². The predicted octanol–water partition coefficient (Wildman–Crippen LogP) is 3.01. The van der Waals surface area contributed by atoms with Gasteiger partial charge in [0.1, 0.15) is 5.69 Å². The molecule has 1 fully saturated rings. The first-order valence-corrected chi connectivity index (χ1v) is 9.33. The van der Waals surface area contributed by atoms with E-state index in [1.54, 1.807) is 4.52 Å². The number of aromatic nitrogens is 5. The van der Waals surface area contributed by atoms with Crippen LogP contribution in [0.1, 0.15) is 60.5 Å². The van der Waals surface area contributed by atoms with E-state index in [4.69, 9.17) is 4.98 Å². The van der Waals surface area contributed by atoms with Crippen molar-refractivity contribution in [3.63, 3.8) is 0 Å². The lowest BCUT2D eigenvalue weighted by atomic mass is 9.98. The SMILES string of the molecule is CCCn1ccc(C(=O)N2CCCC[C@H]2c2ccn3nc(C)cc3n2)n1. The minimum atomic E-state index is -0.00668. The molecular weight excluding hydrogens is 328 g/mol. The molecular formula is C19H24N6O. The van der Waals surface area contributed by atoms with E-state index in [2.05, 4.69) is 17.1 Å². The largest absolute Gasteiger partial charge is 0.329 e. The molecule has 0 spiro atoms. The topological polar surface area (TPSA) is 68.3 Å². The lowest BCUT2D eigenvalue weighted by molar-refractivity contribution is 0.0599. The third-order valence-corrected chi connectivity index (χ3v) is 4.89. The van der Waals surface area contributed by atoms with Gasteiger partial charge in [-0.05, 0) is 44.7 Å². The summed E-state index contributed by atoms with van der Waals surface area (Å²) < 4.78 is 3.62. The highest BCUT2D eigenvalue weighted by molar-refractivity contribution is 5.92. The van der Waals surface area contributed by atoms with Gasteiger partial charge in [-0.3, -0.25) is 9.48 Å². The third kappa shape index (κ3) is 3.09. The molecule has 4 heterocycles. The lowest BCUT2D eigenvalue weighted by Crippen LogP contribution is -2.39. The van der Waals surface area contributed by atoms with Gasteiger partial charge in [-0.2, -0.15) is 10.2 Å². The molecule has 0 aromatic carbocycles. The molecule has 0 unspecified atom stereocenters. The summed E-state index contributed by atoms with van der Waals surface area (Å²) in [5.74, 6) is -0.00378. The molecule has 0 N–H and O–H groups in total. The minimum Gasteiger partial charge on any atom is -0.329 e. The standard InChI is InChI=1S/C19H24N6O/c1-3-9-23-11-7-16(22-23)19(26)24-10-5-4-6-17(24)15-8-12-25-18(20-15)13-14(2)21-25/h7-8,11-13,17H,3-6,9-10H2,1-2H3/t17-/m0/s1. The minimum absolute atomic E-state index is 0.00378. The summed E-state index contributed by atoms with van der Waals surface area (Å²) >= 11 is 0. The van der Waals surface area contributed by atoms with E-state index >= 15 is 0 Å². The van der Waals surface area contributed by atoms with E-state index < -0.39 is 0 Å². The molecule has 26 heavy (non-hydrogen) atoms. The maximum absolute atomic E-state index is 13.1. The van der Waals surface area contributed by atoms with Crippen LogP contribution in [0.25, 0.3) is 5.65 Å². The van der Waals surface area contributed by atoms with Gasteiger partial charge in [0.05, 0.1) is 17.4 Å². The van der Waals surface area contributed by atoms with Crippen LogP contribution in [0.3, 0.4) is 0 Å². The smallest absolute Gasteiger partial charge is 0.274 e. The van der Waals surface area contributed by atoms with Crippen molar-refractivity contribution in [2.45, 2.75) is 52.1 Å². The number of amides is 1. The molecule has 0 saturated carbocycles. The molecule has 3 aromatic heterocycles. The Morgan fingerprint density at radius 1 is 1.23 bits per heavy atom. The van der Waals surface area contributed by atoms with E-state index in [1.165, 1.54) is 0 Å². The van der Waals surface area contributed by atoms with E-state index in [-0.39, 0.29) is 11.9 Å². The van der Waals surface area contributed by atoms with Gasteiger partial charge in [0.15, 0.2) is 5.65 Å². The fraction of sp³-hybridized carbons (Fsp3) is 0.474. The summed E-state index contributed by atoms with van der Waals surface area (Å²) in [5.41, 5.74) is 3.21. The Morgan fingerprint density at radius 3 is 2.96 bits per heavy atom. The number of nitrogens with zero attached hydrogens (tertiary/aromatic N) is 6. The van der Waals surface area contributed by atoms with Crippen LogP contribution in [0.2, 0.25) is 0 Å². The van der Waals surface area contributed by atoms with Gasteiger partial charge in [0, 0.05) is 31.5 Å². The van der Waals surface area contributed by atoms with Gasteiger partial charge in [-0.1, -0.05) is 6.92 Å². The number of fused-ring (bicyclic) bond motifs is 1. The van der Waals surface area contributed by atoms with Crippen LogP contribution in [0.5, 0.6) is 0 Å². The van der Waals surface area contributed by atoms with Gasteiger partial charge in [-0.25, -0.2) is 9.50 Å². The molecule has 4 rings (SSSR count). The molecule has 0 bridgehead atoms. The number of carbonyl (C=O) groups is 1. The first kappa shape index (κ1) is 16.8. The van der Waals surface area contributed by atoms with Gasteiger partial charge in [-0.15, -0.1) is 0 Å². The monoisotopic (exact) mass is 352 g/mol. The van der Waals surface area contributed by atoms with Crippen LogP contribution in [0.4, 0.5) is 0 Å². The summed E-state index contributed by atoms with van der Waals surface area (Å²) in [6.45, 7) is 5.63. The molecule has 1 saturated heterocycles. The molecule has 1 amide bonds. The van der Waals surface area contributed by atoms with Gasteiger partial charge < -0.3 is 4.90 Å². The van der Waals surface area contributed by atoms with Crippen LogP contribution < -0.4 is 0 Å². The number of rotatable bonds is 4. The predicted molar refractivity (Wildman–Crippen MR) is 97.9 cm³/mol. The number of hydrogen-bond acceptors (Lipinski definition) is 4. The Labute approximate surface area is 152 Å². The Kier molecular flexibility index (Phi) is 4.44. The third-order valence-electron chi connectivity index (χ3n) is 4.89. The molecule has 0 radical (unpaired) electrons. The van der Waals surface area contributed by atoms with Crippen LogP contribution in [0, 0.1) is 6.92 Å². The van der Waals surface area contributed by atoms with Crippen molar-refractivity contribution < 1.29 is 4.79 Å². The average molecular weight is 352 g/mol. The van der Waals surface area contributed by atoms with Gasteiger partial charge in [0.25, 0.3) is 5.91 Å². The highest BCUT2D eigenvalue weighted by atomic mass is 16.2. The van der Waals surface area contributed by atoms with Crippen molar-refractivity contribution in [3.8, 4) is 0 Å². The van der Waals surface area contributed by atoms with Crippen LogP contribution in [-0.2, 0) is 6.54 Å². The Hall–Kier alpha value is -2.70. The Bertz CT molecular complexity index is 927. The second-order valence-corrected chi connectivity index (χ2v) is 6.92. The van der Waals surface area contributed by atoms with E-state index in [9.17, 15) is 4.79 Å². The van der Waals surface area contributed by atoms with E-state index in [0.717, 1.165) is 55.8 Å². The molecule has 7 nitrogen and oxygen atoms in total. The van der Waals surface area contributed by atoms with Crippen molar-refractivity contribution in [3.05, 3.63) is 47.7 Å². The number of carbonyl (C=O) groups excluding carboxylic acids is 1. The fourth-order valence-electron chi connectivity index (χ4n) is 3.66. The van der Waals surface area contributed by atoms with Crippen molar-refractivity contribution in [1.29, 1.82) is 0 Å². The van der Waals surface area contributed by atoms with E-state index in [0.29, 0.717) is 5.69 Å². The van der Waals surface area contributed by atoms with Crippen LogP contribution in [-0.4, -0.2) is 41.7 Å². The van der Waals surface area contributed by atoms with Crippen molar-refractivity contribution >= 4 is 11.6 Å². The van der Waals surface area contributed by atoms with Crippen molar-refractivity contribution in [2.75, 3.05) is 6.54 Å². The second kappa shape index (κ2) is 6.90. The number of aryl methyl sites for hydroxylation is 2.